The van der Waals surface area contributed by atoms with E-state index in [0.717, 1.165) is 6.42 Å². The van der Waals surface area contributed by atoms with E-state index in [1.807, 2.05) is 0 Å². The van der Waals surface area contributed by atoms with Crippen molar-refractivity contribution in [2.75, 3.05) is 19.8 Å². The second kappa shape index (κ2) is 20.2. The van der Waals surface area contributed by atoms with E-state index >= 15 is 0 Å². The molecule has 0 aliphatic rings. The summed E-state index contributed by atoms with van der Waals surface area (Å²) >= 11 is 0. The average Bonchev–Trinajstić information content (AvgIpc) is 2.63. The Balaban J connectivity index is 3.19. The molecule has 0 aromatic heterocycles. The Bertz CT molecular complexity index is 352. The summed E-state index contributed by atoms with van der Waals surface area (Å²) in [4.78, 5) is 14.1. The average molecular weight is 368 g/mol. The van der Waals surface area contributed by atoms with E-state index in [0.29, 0.717) is 13.2 Å². The van der Waals surface area contributed by atoms with Crippen LogP contribution in [0, 0.1) is 6.57 Å². The van der Waals surface area contributed by atoms with E-state index in [9.17, 15) is 4.79 Å². The molecule has 0 radical (unpaired) electrons. The fourth-order valence-corrected chi connectivity index (χ4v) is 2.95. The quantitative estimate of drug-likeness (QED) is 0.152. The van der Waals surface area contributed by atoms with Gasteiger partial charge in [-0.05, 0) is 6.42 Å². The summed E-state index contributed by atoms with van der Waals surface area (Å²) in [6, 6.07) is -0.370. The summed E-state index contributed by atoms with van der Waals surface area (Å²) in [6.45, 7) is 11.9. The second-order valence-electron chi connectivity index (χ2n) is 7.26. The van der Waals surface area contributed by atoms with Crippen LogP contribution >= 0.6 is 0 Å². The van der Waals surface area contributed by atoms with Gasteiger partial charge in [0, 0.05) is 13.5 Å². The largest absolute Gasteiger partial charge is 0.457 e. The molecule has 0 rings (SSSR count). The first-order chi connectivity index (χ1) is 12.7. The van der Waals surface area contributed by atoms with Crippen molar-refractivity contribution in [1.29, 1.82) is 0 Å². The van der Waals surface area contributed by atoms with Gasteiger partial charge in [-0.3, -0.25) is 4.79 Å². The molecule has 0 aliphatic carbocycles. The zero-order valence-corrected chi connectivity index (χ0v) is 17.3. The molecule has 4 heteroatoms. The molecule has 0 aromatic carbocycles. The summed E-state index contributed by atoms with van der Waals surface area (Å²) in [7, 11) is 0. The highest BCUT2D eigenvalue weighted by Crippen LogP contribution is 2.13. The first kappa shape index (κ1) is 24.9. The molecule has 0 heterocycles. The molecule has 4 nitrogen and oxygen atoms in total. The van der Waals surface area contributed by atoms with Crippen LogP contribution in [0.1, 0.15) is 104 Å². The van der Waals surface area contributed by atoms with Crippen molar-refractivity contribution in [3.63, 3.8) is 0 Å². The third-order valence-corrected chi connectivity index (χ3v) is 4.61. The summed E-state index contributed by atoms with van der Waals surface area (Å²) < 4.78 is 10.4. The molecule has 0 aromatic rings. The third kappa shape index (κ3) is 19.2. The number of esters is 1. The standard InChI is InChI=1S/C22H41NO3/c1-4-5-6-7-8-9-10-11-12-13-14-15-16-17-18-25-19-22(23-3)20-26-21(2)24/h22H,4-20H2,1-2H3/t22-/m1/s1. The molecule has 0 N–H and O–H groups in total. The Kier molecular flexibility index (Phi) is 19.4. The zero-order valence-electron chi connectivity index (χ0n) is 17.3. The normalized spacial score (nSPS) is 11.9. The Morgan fingerprint density at radius 2 is 1.27 bits per heavy atom. The van der Waals surface area contributed by atoms with Gasteiger partial charge in [0.25, 0.3) is 6.04 Å². The van der Waals surface area contributed by atoms with Crippen LogP contribution in [-0.4, -0.2) is 31.8 Å². The maximum absolute atomic E-state index is 10.7. The van der Waals surface area contributed by atoms with Crippen molar-refractivity contribution in [1.82, 2.24) is 0 Å². The van der Waals surface area contributed by atoms with E-state index < -0.39 is 0 Å². The third-order valence-electron chi connectivity index (χ3n) is 4.61. The molecule has 0 amide bonds. The molecular weight excluding hydrogens is 326 g/mol. The first-order valence-corrected chi connectivity index (χ1v) is 10.8. The van der Waals surface area contributed by atoms with E-state index in [2.05, 4.69) is 11.8 Å². The molecule has 0 bridgehead atoms. The second-order valence-corrected chi connectivity index (χ2v) is 7.26. The Labute approximate surface area is 161 Å². The van der Waals surface area contributed by atoms with Crippen LogP contribution in [0.2, 0.25) is 0 Å². The minimum Gasteiger partial charge on any atom is -0.457 e. The Hall–Kier alpha value is -1.08. The van der Waals surface area contributed by atoms with Gasteiger partial charge in [0.15, 0.2) is 6.61 Å². The number of carbonyl (C=O) groups is 1. The van der Waals surface area contributed by atoms with Gasteiger partial charge in [-0.1, -0.05) is 90.4 Å². The van der Waals surface area contributed by atoms with Gasteiger partial charge in [0.05, 0.1) is 0 Å². The predicted octanol–water partition coefficient (Wildman–Crippen LogP) is 6.34. The Morgan fingerprint density at radius 1 is 0.808 bits per heavy atom. The highest BCUT2D eigenvalue weighted by molar-refractivity contribution is 5.65. The maximum atomic E-state index is 10.7. The van der Waals surface area contributed by atoms with Gasteiger partial charge in [0.2, 0.25) is 0 Å². The van der Waals surface area contributed by atoms with E-state index in [1.54, 1.807) is 0 Å². The number of carbonyl (C=O) groups excluding carboxylic acids is 1. The number of ether oxygens (including phenoxy) is 2. The van der Waals surface area contributed by atoms with Gasteiger partial charge in [-0.2, -0.15) is 0 Å². The van der Waals surface area contributed by atoms with Crippen LogP contribution in [0.25, 0.3) is 4.85 Å². The van der Waals surface area contributed by atoms with E-state index in [1.165, 1.54) is 90.4 Å². The molecule has 0 spiro atoms. The van der Waals surface area contributed by atoms with Crippen molar-refractivity contribution >= 4 is 5.97 Å². The first-order valence-electron chi connectivity index (χ1n) is 10.8. The predicted molar refractivity (Wildman–Crippen MR) is 108 cm³/mol. The molecule has 0 saturated heterocycles. The van der Waals surface area contributed by atoms with Crippen molar-refractivity contribution in [2.24, 2.45) is 0 Å². The molecule has 0 saturated carbocycles. The molecule has 0 fully saturated rings. The number of rotatable bonds is 19. The fourth-order valence-electron chi connectivity index (χ4n) is 2.95. The number of hydrogen-bond acceptors (Lipinski definition) is 3. The van der Waals surface area contributed by atoms with Crippen LogP contribution < -0.4 is 0 Å². The molecule has 1 atom stereocenters. The number of nitrogens with zero attached hydrogens (tertiary/aromatic N) is 1. The smallest absolute Gasteiger partial charge is 0.302 e. The summed E-state index contributed by atoms with van der Waals surface area (Å²) in [5.41, 5.74) is 0. The lowest BCUT2D eigenvalue weighted by molar-refractivity contribution is -0.141. The Morgan fingerprint density at radius 3 is 1.69 bits per heavy atom. The fraction of sp³-hybridized carbons (Fsp3) is 0.909. The van der Waals surface area contributed by atoms with Crippen LogP contribution in [0.5, 0.6) is 0 Å². The minimum absolute atomic E-state index is 0.136. The zero-order chi connectivity index (χ0) is 19.3. The SMILES string of the molecule is [C-]#[N+][C@H](COCCCCCCCCCCCCCCCC)COC(C)=O. The van der Waals surface area contributed by atoms with Crippen LogP contribution in [0.4, 0.5) is 0 Å². The van der Waals surface area contributed by atoms with Gasteiger partial charge in [0.1, 0.15) is 6.61 Å². The number of unbranched alkanes of at least 4 members (excludes halogenated alkanes) is 13. The van der Waals surface area contributed by atoms with Gasteiger partial charge < -0.3 is 14.3 Å². The lowest BCUT2D eigenvalue weighted by atomic mass is 10.0. The van der Waals surface area contributed by atoms with Crippen LogP contribution in [0.3, 0.4) is 0 Å². The topological polar surface area (TPSA) is 39.9 Å². The minimum atomic E-state index is -0.370. The van der Waals surface area contributed by atoms with Crippen molar-refractivity contribution in [3.8, 4) is 0 Å². The molecule has 152 valence electrons. The molecule has 0 unspecified atom stereocenters. The maximum Gasteiger partial charge on any atom is 0.302 e. The van der Waals surface area contributed by atoms with Crippen LogP contribution in [-0.2, 0) is 14.3 Å². The lowest BCUT2D eigenvalue weighted by Gasteiger charge is -2.07. The summed E-state index contributed by atoms with van der Waals surface area (Å²) in [6.07, 6.45) is 18.8. The van der Waals surface area contributed by atoms with Crippen molar-refractivity contribution < 1.29 is 14.3 Å². The van der Waals surface area contributed by atoms with Crippen molar-refractivity contribution in [2.45, 2.75) is 110 Å². The summed E-state index contributed by atoms with van der Waals surface area (Å²) in [5.74, 6) is -0.342. The van der Waals surface area contributed by atoms with Gasteiger partial charge >= 0.3 is 5.97 Å². The van der Waals surface area contributed by atoms with Crippen molar-refractivity contribution in [3.05, 3.63) is 11.4 Å². The summed E-state index contributed by atoms with van der Waals surface area (Å²) in [5, 5.41) is 0. The molecular formula is C22H41NO3. The van der Waals surface area contributed by atoms with E-state index in [-0.39, 0.29) is 18.6 Å². The van der Waals surface area contributed by atoms with Crippen LogP contribution in [0.15, 0.2) is 0 Å². The lowest BCUT2D eigenvalue weighted by Crippen LogP contribution is -2.20. The number of hydrogen-bond donors (Lipinski definition) is 0. The highest BCUT2D eigenvalue weighted by atomic mass is 16.5. The highest BCUT2D eigenvalue weighted by Gasteiger charge is 2.14. The van der Waals surface area contributed by atoms with Gasteiger partial charge in [-0.15, -0.1) is 0 Å². The monoisotopic (exact) mass is 367 g/mol. The molecule has 26 heavy (non-hydrogen) atoms. The van der Waals surface area contributed by atoms with Gasteiger partial charge in [-0.25, -0.2) is 6.57 Å². The molecule has 0 aliphatic heterocycles. The van der Waals surface area contributed by atoms with E-state index in [4.69, 9.17) is 16.0 Å².